The molecule has 0 spiro atoms. The zero-order valence-electron chi connectivity index (χ0n) is 14.2. The summed E-state index contributed by atoms with van der Waals surface area (Å²) in [6.45, 7) is 11.9. The van der Waals surface area contributed by atoms with Crippen molar-refractivity contribution in [3.63, 3.8) is 0 Å². The zero-order valence-corrected chi connectivity index (χ0v) is 14.2. The van der Waals surface area contributed by atoms with Crippen molar-refractivity contribution in [2.75, 3.05) is 26.2 Å². The second kappa shape index (κ2) is 9.78. The number of carbonyl (C=O) groups is 1. The monoisotopic (exact) mass is 293 g/mol. The Bertz CT molecular complexity index is 373. The van der Waals surface area contributed by atoms with Crippen molar-refractivity contribution in [1.29, 1.82) is 0 Å². The van der Waals surface area contributed by atoms with Crippen molar-refractivity contribution in [3.8, 4) is 0 Å². The summed E-state index contributed by atoms with van der Waals surface area (Å²) < 4.78 is 5.10. The molecule has 0 aromatic carbocycles. The van der Waals surface area contributed by atoms with E-state index in [1.165, 1.54) is 11.1 Å². The number of allylic oxidation sites excluding steroid dienone is 3. The molecule has 0 amide bonds. The molecule has 0 unspecified atom stereocenters. The van der Waals surface area contributed by atoms with Gasteiger partial charge in [0.1, 0.15) is 0 Å². The second-order valence-electron chi connectivity index (χ2n) is 6.20. The van der Waals surface area contributed by atoms with Gasteiger partial charge in [-0.1, -0.05) is 23.3 Å². The average molecular weight is 293 g/mol. The molecule has 1 rings (SSSR count). The fourth-order valence-corrected chi connectivity index (χ4v) is 2.59. The third-order valence-electron chi connectivity index (χ3n) is 4.00. The summed E-state index contributed by atoms with van der Waals surface area (Å²) in [6.07, 6.45) is 8.78. The summed E-state index contributed by atoms with van der Waals surface area (Å²) in [5.74, 6) is 0.106. The van der Waals surface area contributed by atoms with Gasteiger partial charge in [-0.05, 0) is 66.5 Å². The van der Waals surface area contributed by atoms with E-state index in [4.69, 9.17) is 4.74 Å². The number of hydrogen-bond acceptors (Lipinski definition) is 3. The van der Waals surface area contributed by atoms with Crippen LogP contribution >= 0.6 is 0 Å². The van der Waals surface area contributed by atoms with Crippen LogP contribution in [0.3, 0.4) is 0 Å². The molecule has 0 aromatic rings. The van der Waals surface area contributed by atoms with Crippen molar-refractivity contribution < 1.29 is 9.53 Å². The van der Waals surface area contributed by atoms with Crippen LogP contribution in [0.1, 0.15) is 53.4 Å². The van der Waals surface area contributed by atoms with Gasteiger partial charge in [0.2, 0.25) is 0 Å². The topological polar surface area (TPSA) is 29.5 Å². The largest absolute Gasteiger partial charge is 0.466 e. The van der Waals surface area contributed by atoms with E-state index in [9.17, 15) is 4.79 Å². The fourth-order valence-electron chi connectivity index (χ4n) is 2.59. The first kappa shape index (κ1) is 18.0. The number of esters is 1. The standard InChI is InChI=1S/C18H31NO2/c1-5-21-18(20)17-10-13-19(14-11-17)12-9-16(4)8-6-7-15(2)3/h7,9,17H,5-6,8,10-14H2,1-4H3/b16-9+. The van der Waals surface area contributed by atoms with Gasteiger partial charge in [-0.15, -0.1) is 0 Å². The Balaban J connectivity index is 2.26. The zero-order chi connectivity index (χ0) is 15.7. The molecule has 0 atom stereocenters. The molecule has 3 heteroatoms. The molecular formula is C18H31NO2. The highest BCUT2D eigenvalue weighted by Gasteiger charge is 2.25. The van der Waals surface area contributed by atoms with E-state index < -0.39 is 0 Å². The first-order valence-corrected chi connectivity index (χ1v) is 8.21. The van der Waals surface area contributed by atoms with Gasteiger partial charge in [0.05, 0.1) is 12.5 Å². The smallest absolute Gasteiger partial charge is 0.309 e. The third kappa shape index (κ3) is 7.47. The predicted molar refractivity (Wildman–Crippen MR) is 88.2 cm³/mol. The Morgan fingerprint density at radius 2 is 1.86 bits per heavy atom. The minimum atomic E-state index is -0.00871. The maximum absolute atomic E-state index is 11.7. The van der Waals surface area contributed by atoms with Gasteiger partial charge < -0.3 is 4.74 Å². The molecule has 21 heavy (non-hydrogen) atoms. The van der Waals surface area contributed by atoms with E-state index in [0.717, 1.165) is 45.3 Å². The number of hydrogen-bond donors (Lipinski definition) is 0. The molecule has 3 nitrogen and oxygen atoms in total. The maximum Gasteiger partial charge on any atom is 0.309 e. The number of ether oxygens (including phenoxy) is 1. The number of nitrogens with zero attached hydrogens (tertiary/aromatic N) is 1. The average Bonchev–Trinajstić information content (AvgIpc) is 2.45. The van der Waals surface area contributed by atoms with Crippen molar-refractivity contribution in [2.24, 2.45) is 5.92 Å². The minimum Gasteiger partial charge on any atom is -0.466 e. The van der Waals surface area contributed by atoms with Crippen LogP contribution in [0.25, 0.3) is 0 Å². The molecule has 1 fully saturated rings. The number of likely N-dealkylation sites (tertiary alicyclic amines) is 1. The molecule has 0 saturated carbocycles. The lowest BCUT2D eigenvalue weighted by Crippen LogP contribution is -2.37. The normalized spacial score (nSPS) is 17.6. The Hall–Kier alpha value is -1.09. The Labute approximate surface area is 130 Å². The molecule has 1 heterocycles. The van der Waals surface area contributed by atoms with Crippen LogP contribution in [0.15, 0.2) is 23.3 Å². The van der Waals surface area contributed by atoms with Crippen LogP contribution in [-0.4, -0.2) is 37.1 Å². The second-order valence-corrected chi connectivity index (χ2v) is 6.20. The molecule has 1 saturated heterocycles. The Morgan fingerprint density at radius 3 is 2.43 bits per heavy atom. The Morgan fingerprint density at radius 1 is 1.19 bits per heavy atom. The van der Waals surface area contributed by atoms with E-state index >= 15 is 0 Å². The molecule has 0 aromatic heterocycles. The van der Waals surface area contributed by atoms with Crippen LogP contribution in [0, 0.1) is 5.92 Å². The number of carbonyl (C=O) groups excluding carboxylic acids is 1. The molecule has 1 aliphatic heterocycles. The molecule has 1 aliphatic rings. The number of piperidine rings is 1. The van der Waals surface area contributed by atoms with E-state index in [2.05, 4.69) is 37.8 Å². The van der Waals surface area contributed by atoms with Crippen LogP contribution in [0.4, 0.5) is 0 Å². The summed E-state index contributed by atoms with van der Waals surface area (Å²) in [4.78, 5) is 14.1. The van der Waals surface area contributed by atoms with Crippen molar-refractivity contribution >= 4 is 5.97 Å². The summed E-state index contributed by atoms with van der Waals surface area (Å²) in [5, 5.41) is 0. The first-order valence-electron chi connectivity index (χ1n) is 8.21. The molecular weight excluding hydrogens is 262 g/mol. The Kier molecular flexibility index (Phi) is 8.36. The summed E-state index contributed by atoms with van der Waals surface area (Å²) in [7, 11) is 0. The third-order valence-corrected chi connectivity index (χ3v) is 4.00. The quantitative estimate of drug-likeness (QED) is 0.526. The SMILES string of the molecule is CCOC(=O)C1CCN(C/C=C(\C)CCC=C(C)C)CC1. The van der Waals surface area contributed by atoms with Gasteiger partial charge in [0.25, 0.3) is 0 Å². The molecule has 0 aliphatic carbocycles. The van der Waals surface area contributed by atoms with Gasteiger partial charge >= 0.3 is 5.97 Å². The van der Waals surface area contributed by atoms with E-state index in [1.807, 2.05) is 6.92 Å². The van der Waals surface area contributed by atoms with E-state index in [-0.39, 0.29) is 11.9 Å². The minimum absolute atomic E-state index is 0.00871. The molecule has 0 N–H and O–H groups in total. The lowest BCUT2D eigenvalue weighted by Gasteiger charge is -2.30. The summed E-state index contributed by atoms with van der Waals surface area (Å²) in [5.41, 5.74) is 2.85. The van der Waals surface area contributed by atoms with Crippen molar-refractivity contribution in [1.82, 2.24) is 4.90 Å². The van der Waals surface area contributed by atoms with E-state index in [0.29, 0.717) is 6.61 Å². The maximum atomic E-state index is 11.7. The van der Waals surface area contributed by atoms with E-state index in [1.54, 1.807) is 0 Å². The fraction of sp³-hybridized carbons (Fsp3) is 0.722. The van der Waals surface area contributed by atoms with Gasteiger partial charge in [0, 0.05) is 6.54 Å². The molecule has 120 valence electrons. The van der Waals surface area contributed by atoms with Gasteiger partial charge in [-0.2, -0.15) is 0 Å². The lowest BCUT2D eigenvalue weighted by atomic mass is 9.97. The first-order chi connectivity index (χ1) is 10.0. The van der Waals surface area contributed by atoms with Gasteiger partial charge in [-0.25, -0.2) is 0 Å². The van der Waals surface area contributed by atoms with Crippen LogP contribution in [-0.2, 0) is 9.53 Å². The molecule has 0 radical (unpaired) electrons. The van der Waals surface area contributed by atoms with Crippen molar-refractivity contribution in [3.05, 3.63) is 23.3 Å². The summed E-state index contributed by atoms with van der Waals surface area (Å²) in [6, 6.07) is 0. The summed E-state index contributed by atoms with van der Waals surface area (Å²) >= 11 is 0. The highest BCUT2D eigenvalue weighted by Crippen LogP contribution is 2.19. The predicted octanol–water partition coefficient (Wildman–Crippen LogP) is 3.95. The van der Waals surface area contributed by atoms with Crippen LogP contribution in [0.2, 0.25) is 0 Å². The molecule has 0 bridgehead atoms. The number of rotatable bonds is 7. The lowest BCUT2D eigenvalue weighted by molar-refractivity contribution is -0.149. The van der Waals surface area contributed by atoms with Gasteiger partial charge in [-0.3, -0.25) is 9.69 Å². The highest BCUT2D eigenvalue weighted by molar-refractivity contribution is 5.72. The van der Waals surface area contributed by atoms with Gasteiger partial charge in [0.15, 0.2) is 0 Å². The van der Waals surface area contributed by atoms with Crippen LogP contribution < -0.4 is 0 Å². The van der Waals surface area contributed by atoms with Crippen molar-refractivity contribution in [2.45, 2.75) is 53.4 Å². The highest BCUT2D eigenvalue weighted by atomic mass is 16.5. The van der Waals surface area contributed by atoms with Crippen LogP contribution in [0.5, 0.6) is 0 Å².